The van der Waals surface area contributed by atoms with E-state index in [1.807, 2.05) is 44.0 Å². The summed E-state index contributed by atoms with van der Waals surface area (Å²) in [4.78, 5) is 30.5. The molecule has 1 unspecified atom stereocenters. The van der Waals surface area contributed by atoms with Crippen LogP contribution in [0.25, 0.3) is 0 Å². The minimum absolute atomic E-state index is 0.00119. The lowest BCUT2D eigenvalue weighted by Gasteiger charge is -2.33. The normalized spacial score (nSPS) is 18.6. The van der Waals surface area contributed by atoms with E-state index in [9.17, 15) is 9.59 Å². The molecular formula is C24H38N6O4. The van der Waals surface area contributed by atoms with Crippen LogP contribution in [0.4, 0.5) is 5.69 Å². The third-order valence-electron chi connectivity index (χ3n) is 5.55. The highest BCUT2D eigenvalue weighted by Crippen LogP contribution is 2.29. The van der Waals surface area contributed by atoms with Crippen molar-refractivity contribution in [3.63, 3.8) is 0 Å². The van der Waals surface area contributed by atoms with Crippen LogP contribution in [0, 0.1) is 5.41 Å². The van der Waals surface area contributed by atoms with E-state index in [2.05, 4.69) is 22.7 Å². The summed E-state index contributed by atoms with van der Waals surface area (Å²) in [6, 6.07) is 5.91. The van der Waals surface area contributed by atoms with Crippen molar-refractivity contribution < 1.29 is 19.1 Å². The van der Waals surface area contributed by atoms with Gasteiger partial charge in [-0.1, -0.05) is 26.8 Å². The van der Waals surface area contributed by atoms with E-state index in [0.29, 0.717) is 38.3 Å². The molecule has 1 atom stereocenters. The summed E-state index contributed by atoms with van der Waals surface area (Å²) in [5.41, 5.74) is 10.7. The molecule has 2 heterocycles. The molecule has 2 aliphatic rings. The maximum Gasteiger partial charge on any atom is 0.325 e. The number of nitrogens with one attached hydrogen (secondary N) is 2. The monoisotopic (exact) mass is 474 g/mol. The van der Waals surface area contributed by atoms with Crippen molar-refractivity contribution in [3.05, 3.63) is 23.8 Å². The van der Waals surface area contributed by atoms with Crippen LogP contribution in [-0.2, 0) is 20.9 Å². The first-order chi connectivity index (χ1) is 16.1. The molecule has 0 aromatic heterocycles. The molecule has 34 heavy (non-hydrogen) atoms. The van der Waals surface area contributed by atoms with Crippen LogP contribution < -0.4 is 21.2 Å². The molecule has 0 spiro atoms. The van der Waals surface area contributed by atoms with Gasteiger partial charge in [0.25, 0.3) is 0 Å². The highest BCUT2D eigenvalue weighted by molar-refractivity contribution is 5.87. The number of benzene rings is 1. The van der Waals surface area contributed by atoms with E-state index < -0.39 is 0 Å². The molecule has 0 saturated carbocycles. The van der Waals surface area contributed by atoms with E-state index in [4.69, 9.17) is 15.2 Å². The molecule has 2 aliphatic heterocycles. The number of hydrazine groups is 1. The van der Waals surface area contributed by atoms with Gasteiger partial charge < -0.3 is 25.4 Å². The lowest BCUT2D eigenvalue weighted by molar-refractivity contribution is -0.146. The average Bonchev–Trinajstić information content (AvgIpc) is 2.77. The summed E-state index contributed by atoms with van der Waals surface area (Å²) < 4.78 is 11.2. The molecule has 3 rings (SSSR count). The van der Waals surface area contributed by atoms with Crippen molar-refractivity contribution in [2.75, 3.05) is 39.4 Å². The number of esters is 1. The predicted molar refractivity (Wildman–Crippen MR) is 130 cm³/mol. The lowest BCUT2D eigenvalue weighted by atomic mass is 9.99. The van der Waals surface area contributed by atoms with E-state index in [-0.39, 0.29) is 35.8 Å². The lowest BCUT2D eigenvalue weighted by Crippen LogP contribution is -2.57. The van der Waals surface area contributed by atoms with E-state index in [1.54, 1.807) is 4.90 Å². The van der Waals surface area contributed by atoms with Gasteiger partial charge in [0.15, 0.2) is 5.96 Å². The van der Waals surface area contributed by atoms with Gasteiger partial charge in [0, 0.05) is 44.7 Å². The first-order valence-electron chi connectivity index (χ1n) is 11.9. The average molecular weight is 475 g/mol. The van der Waals surface area contributed by atoms with Gasteiger partial charge in [-0.3, -0.25) is 15.0 Å². The topological polar surface area (TPSA) is 122 Å². The Morgan fingerprint density at radius 3 is 2.85 bits per heavy atom. The number of nitrogens with two attached hydrogens (primary N) is 1. The number of piperazine rings is 1. The van der Waals surface area contributed by atoms with Crippen LogP contribution in [-0.4, -0.2) is 73.2 Å². The number of guanidine groups is 1. The third-order valence-corrected chi connectivity index (χ3v) is 5.55. The second-order valence-corrected chi connectivity index (χ2v) is 10.1. The Labute approximate surface area is 201 Å². The number of carbonyl (C=O) groups excluding carboxylic acids is 2. The summed E-state index contributed by atoms with van der Waals surface area (Å²) in [6.45, 7) is 12.0. The van der Waals surface area contributed by atoms with Crippen molar-refractivity contribution >= 4 is 23.5 Å². The molecule has 0 bridgehead atoms. The Morgan fingerprint density at radius 1 is 1.32 bits per heavy atom. The fraction of sp³-hybridized carbons (Fsp3) is 0.625. The molecule has 188 valence electrons. The molecular weight excluding hydrogens is 436 g/mol. The zero-order valence-corrected chi connectivity index (χ0v) is 20.7. The van der Waals surface area contributed by atoms with Crippen molar-refractivity contribution in [2.24, 2.45) is 16.1 Å². The minimum Gasteiger partial charge on any atom is -0.494 e. The molecule has 1 saturated heterocycles. The number of ether oxygens (including phenoxy) is 2. The van der Waals surface area contributed by atoms with Gasteiger partial charge >= 0.3 is 5.97 Å². The number of fused-ring (bicyclic) bond motifs is 1. The molecule has 1 amide bonds. The molecule has 10 heteroatoms. The number of carbonyl (C=O) groups is 2. The van der Waals surface area contributed by atoms with Crippen molar-refractivity contribution in [1.82, 2.24) is 20.7 Å². The van der Waals surface area contributed by atoms with Gasteiger partial charge in [-0.2, -0.15) is 0 Å². The Hall–Kier alpha value is -2.85. The number of aliphatic imine (C=N–C) groups is 1. The summed E-state index contributed by atoms with van der Waals surface area (Å²) >= 11 is 0. The van der Waals surface area contributed by atoms with Gasteiger partial charge in [0.1, 0.15) is 12.3 Å². The fourth-order valence-electron chi connectivity index (χ4n) is 3.63. The zero-order valence-electron chi connectivity index (χ0n) is 20.7. The first kappa shape index (κ1) is 25.8. The summed E-state index contributed by atoms with van der Waals surface area (Å²) in [7, 11) is 0. The molecule has 0 radical (unpaired) electrons. The maximum atomic E-state index is 12.2. The number of hydrogen-bond donors (Lipinski definition) is 3. The van der Waals surface area contributed by atoms with E-state index in [0.717, 1.165) is 30.9 Å². The smallest absolute Gasteiger partial charge is 0.325 e. The van der Waals surface area contributed by atoms with Gasteiger partial charge in [0.2, 0.25) is 5.91 Å². The molecule has 0 aliphatic carbocycles. The second-order valence-electron chi connectivity index (χ2n) is 10.1. The molecule has 10 nitrogen and oxygen atoms in total. The van der Waals surface area contributed by atoms with Gasteiger partial charge in [0.05, 0.1) is 18.9 Å². The Balaban J connectivity index is 1.43. The standard InChI is InChI=1S/C24H38N6O4/c1-17-13-26-9-10-30(17)28-21(31)6-5-11-33-19-8-7-18-14-29(23(25)27-20(18)12-19)15-22(32)34-16-24(2,3)4/h7-8,12,17,26H,5-6,9-11,13-16H2,1-4H3,(H2,25,27)(H,28,31). The van der Waals surface area contributed by atoms with E-state index in [1.165, 1.54) is 0 Å². The minimum atomic E-state index is -0.327. The SMILES string of the molecule is CC1CNCCN1NC(=O)CCCOc1ccc2c(c1)N=C(N)N(CC(=O)OCC(C)(C)C)C2. The number of nitrogens with zero attached hydrogens (tertiary/aromatic N) is 3. The molecule has 4 N–H and O–H groups in total. The summed E-state index contributed by atoms with van der Waals surface area (Å²) in [5.74, 6) is 0.619. The van der Waals surface area contributed by atoms with Crippen LogP contribution >= 0.6 is 0 Å². The van der Waals surface area contributed by atoms with Gasteiger partial charge in [-0.05, 0) is 30.4 Å². The van der Waals surface area contributed by atoms with E-state index >= 15 is 0 Å². The highest BCUT2D eigenvalue weighted by atomic mass is 16.5. The first-order valence-corrected chi connectivity index (χ1v) is 11.9. The van der Waals surface area contributed by atoms with Crippen LogP contribution in [0.5, 0.6) is 5.75 Å². The fourth-order valence-corrected chi connectivity index (χ4v) is 3.63. The van der Waals surface area contributed by atoms with Gasteiger partial charge in [-0.15, -0.1) is 0 Å². The Morgan fingerprint density at radius 2 is 2.12 bits per heavy atom. The Bertz CT molecular complexity index is 898. The zero-order chi connectivity index (χ0) is 24.7. The second kappa shape index (κ2) is 11.5. The van der Waals surface area contributed by atoms with Crippen molar-refractivity contribution in [1.29, 1.82) is 0 Å². The van der Waals surface area contributed by atoms with Crippen molar-refractivity contribution in [3.8, 4) is 5.75 Å². The molecule has 1 aromatic rings. The quantitative estimate of drug-likeness (QED) is 0.364. The maximum absolute atomic E-state index is 12.2. The number of rotatable bonds is 9. The highest BCUT2D eigenvalue weighted by Gasteiger charge is 2.23. The van der Waals surface area contributed by atoms with Crippen LogP contribution in [0.15, 0.2) is 23.2 Å². The van der Waals surface area contributed by atoms with Crippen LogP contribution in [0.1, 0.15) is 46.1 Å². The third kappa shape index (κ3) is 7.88. The number of hydrogen-bond acceptors (Lipinski definition) is 9. The van der Waals surface area contributed by atoms with Crippen LogP contribution in [0.2, 0.25) is 0 Å². The van der Waals surface area contributed by atoms with Crippen LogP contribution in [0.3, 0.4) is 0 Å². The largest absolute Gasteiger partial charge is 0.494 e. The number of amides is 1. The predicted octanol–water partition coefficient (Wildman–Crippen LogP) is 1.52. The Kier molecular flexibility index (Phi) is 8.73. The van der Waals surface area contributed by atoms with Gasteiger partial charge in [-0.25, -0.2) is 10.0 Å². The molecule has 1 aromatic carbocycles. The van der Waals surface area contributed by atoms with Crippen molar-refractivity contribution in [2.45, 2.75) is 53.1 Å². The summed E-state index contributed by atoms with van der Waals surface area (Å²) in [6.07, 6.45) is 1.01. The summed E-state index contributed by atoms with van der Waals surface area (Å²) in [5, 5.41) is 5.29. The molecule has 1 fully saturated rings.